The molecule has 1 aliphatic heterocycles. The van der Waals surface area contributed by atoms with Crippen molar-refractivity contribution in [1.82, 2.24) is 14.8 Å². The molecule has 0 spiro atoms. The van der Waals surface area contributed by atoms with E-state index in [1.165, 1.54) is 10.5 Å². The molecule has 1 saturated carbocycles. The number of rotatable bonds is 8. The number of carbonyl (C=O) groups is 3. The molecule has 2 aromatic carbocycles. The summed E-state index contributed by atoms with van der Waals surface area (Å²) in [7, 11) is 0. The maximum absolute atomic E-state index is 13.0. The molecule has 1 saturated heterocycles. The number of thioether (sulfide) groups is 1. The molecule has 3 amide bonds. The number of para-hydroxylation sites is 1. The third-order valence-corrected chi connectivity index (χ3v) is 6.83. The number of hydrogen-bond acceptors (Lipinski definition) is 4. The molecule has 0 unspecified atom stereocenters. The van der Waals surface area contributed by atoms with Crippen molar-refractivity contribution in [2.24, 2.45) is 0 Å². The van der Waals surface area contributed by atoms with Gasteiger partial charge in [-0.2, -0.15) is 0 Å². The standard InChI is InChI=1S/C26H25N3O3S/c30-24(27-20-12-13-20)17-28-16-19(21-10-4-5-11-22(21)28)15-23-25(31)29(26(32)33-23)14-6-9-18-7-2-1-3-8-18/h1-5,7-8,10-11,15-16,20H,6,9,12-14,17H2,(H,27,30)/b23-15-. The summed E-state index contributed by atoms with van der Waals surface area (Å²) in [4.78, 5) is 39.6. The summed E-state index contributed by atoms with van der Waals surface area (Å²) in [5, 5.41) is 3.74. The molecule has 2 fully saturated rings. The number of hydrogen-bond donors (Lipinski definition) is 1. The first-order valence-corrected chi connectivity index (χ1v) is 12.1. The van der Waals surface area contributed by atoms with Crippen molar-refractivity contribution >= 4 is 45.8 Å². The molecule has 2 heterocycles. The first kappa shape index (κ1) is 21.5. The van der Waals surface area contributed by atoms with Gasteiger partial charge in [-0.25, -0.2) is 0 Å². The Hall–Kier alpha value is -3.32. The van der Waals surface area contributed by atoms with Crippen LogP contribution < -0.4 is 5.32 Å². The van der Waals surface area contributed by atoms with Gasteiger partial charge >= 0.3 is 0 Å². The molecule has 5 rings (SSSR count). The zero-order valence-electron chi connectivity index (χ0n) is 18.2. The number of benzene rings is 2. The molecule has 33 heavy (non-hydrogen) atoms. The van der Waals surface area contributed by atoms with E-state index in [9.17, 15) is 14.4 Å². The quantitative estimate of drug-likeness (QED) is 0.500. The van der Waals surface area contributed by atoms with Crippen LogP contribution >= 0.6 is 11.8 Å². The van der Waals surface area contributed by atoms with Crippen molar-refractivity contribution in [1.29, 1.82) is 0 Å². The molecule has 3 aromatic rings. The second-order valence-electron chi connectivity index (χ2n) is 8.49. The van der Waals surface area contributed by atoms with E-state index >= 15 is 0 Å². The fourth-order valence-corrected chi connectivity index (χ4v) is 4.95. The highest BCUT2D eigenvalue weighted by Crippen LogP contribution is 2.34. The monoisotopic (exact) mass is 459 g/mol. The average molecular weight is 460 g/mol. The van der Waals surface area contributed by atoms with E-state index in [1.54, 1.807) is 6.08 Å². The number of nitrogens with zero attached hydrogens (tertiary/aromatic N) is 2. The Balaban J connectivity index is 1.32. The number of fused-ring (bicyclic) bond motifs is 1. The van der Waals surface area contributed by atoms with Crippen LogP contribution in [0, 0.1) is 0 Å². The zero-order chi connectivity index (χ0) is 22.8. The van der Waals surface area contributed by atoms with Gasteiger partial charge in [0, 0.05) is 35.2 Å². The summed E-state index contributed by atoms with van der Waals surface area (Å²) in [6, 6.07) is 18.2. The van der Waals surface area contributed by atoms with Crippen molar-refractivity contribution in [3.05, 3.63) is 76.8 Å². The minimum Gasteiger partial charge on any atom is -0.352 e. The lowest BCUT2D eigenvalue weighted by Gasteiger charge is -2.12. The van der Waals surface area contributed by atoms with E-state index in [4.69, 9.17) is 0 Å². The molecule has 1 aromatic heterocycles. The predicted molar refractivity (Wildman–Crippen MR) is 131 cm³/mol. The van der Waals surface area contributed by atoms with Gasteiger partial charge in [0.1, 0.15) is 6.54 Å². The zero-order valence-corrected chi connectivity index (χ0v) is 19.0. The molecular weight excluding hydrogens is 434 g/mol. The van der Waals surface area contributed by atoms with Crippen LogP contribution in [0.2, 0.25) is 0 Å². The molecule has 7 heteroatoms. The highest BCUT2D eigenvalue weighted by atomic mass is 32.2. The van der Waals surface area contributed by atoms with E-state index in [0.717, 1.165) is 53.9 Å². The first-order valence-electron chi connectivity index (χ1n) is 11.2. The van der Waals surface area contributed by atoms with E-state index < -0.39 is 0 Å². The Labute approximate surface area is 196 Å². The number of aromatic nitrogens is 1. The topological polar surface area (TPSA) is 71.4 Å². The van der Waals surface area contributed by atoms with Crippen molar-refractivity contribution in [3.8, 4) is 0 Å². The Bertz CT molecular complexity index is 1240. The lowest BCUT2D eigenvalue weighted by atomic mass is 10.1. The number of carbonyl (C=O) groups excluding carboxylic acids is 3. The fourth-order valence-electron chi connectivity index (χ4n) is 4.10. The second-order valence-corrected chi connectivity index (χ2v) is 9.49. The Morgan fingerprint density at radius 1 is 1.06 bits per heavy atom. The highest BCUT2D eigenvalue weighted by molar-refractivity contribution is 8.18. The van der Waals surface area contributed by atoms with E-state index in [2.05, 4.69) is 5.32 Å². The summed E-state index contributed by atoms with van der Waals surface area (Å²) in [5.74, 6) is -0.259. The van der Waals surface area contributed by atoms with Gasteiger partial charge in [-0.3, -0.25) is 19.3 Å². The van der Waals surface area contributed by atoms with Crippen LogP contribution in [0.1, 0.15) is 30.4 Å². The van der Waals surface area contributed by atoms with Gasteiger partial charge in [0.15, 0.2) is 0 Å². The number of imide groups is 1. The van der Waals surface area contributed by atoms with E-state index in [-0.39, 0.29) is 23.6 Å². The van der Waals surface area contributed by atoms with Crippen LogP contribution in [-0.2, 0) is 22.6 Å². The van der Waals surface area contributed by atoms with Gasteiger partial charge in [0.05, 0.1) is 4.91 Å². The summed E-state index contributed by atoms with van der Waals surface area (Å²) in [6.07, 6.45) is 7.30. The average Bonchev–Trinajstić information content (AvgIpc) is 3.51. The maximum Gasteiger partial charge on any atom is 0.293 e. The van der Waals surface area contributed by atoms with Crippen LogP contribution in [0.5, 0.6) is 0 Å². The van der Waals surface area contributed by atoms with Gasteiger partial charge in [0.25, 0.3) is 11.1 Å². The molecule has 168 valence electrons. The smallest absolute Gasteiger partial charge is 0.293 e. The van der Waals surface area contributed by atoms with Gasteiger partial charge in [-0.15, -0.1) is 0 Å². The molecule has 2 aliphatic rings. The number of amides is 3. The fraction of sp³-hybridized carbons (Fsp3) is 0.269. The largest absolute Gasteiger partial charge is 0.352 e. The lowest BCUT2D eigenvalue weighted by molar-refractivity contribution is -0.123. The number of aryl methyl sites for hydroxylation is 1. The summed E-state index contributed by atoms with van der Waals surface area (Å²) < 4.78 is 1.91. The maximum atomic E-state index is 13.0. The predicted octanol–water partition coefficient (Wildman–Crippen LogP) is 4.59. The van der Waals surface area contributed by atoms with Crippen LogP contribution in [-0.4, -0.2) is 39.1 Å². The SMILES string of the molecule is O=C(Cn1cc(/C=C2\SC(=O)N(CCCc3ccccc3)C2=O)c2ccccc21)NC1CC1. The van der Waals surface area contributed by atoms with Crippen LogP contribution in [0.4, 0.5) is 4.79 Å². The lowest BCUT2D eigenvalue weighted by Crippen LogP contribution is -2.29. The molecule has 1 N–H and O–H groups in total. The molecule has 0 atom stereocenters. The van der Waals surface area contributed by atoms with Gasteiger partial charge in [0.2, 0.25) is 5.91 Å². The summed E-state index contributed by atoms with van der Waals surface area (Å²) >= 11 is 0.981. The minimum absolute atomic E-state index is 0.0106. The minimum atomic E-state index is -0.249. The molecular formula is C26H25N3O3S. The first-order chi connectivity index (χ1) is 16.1. The van der Waals surface area contributed by atoms with Crippen molar-refractivity contribution in [3.63, 3.8) is 0 Å². The normalized spacial score (nSPS) is 17.3. The van der Waals surface area contributed by atoms with Crippen molar-refractivity contribution in [2.45, 2.75) is 38.3 Å². The molecule has 6 nitrogen and oxygen atoms in total. The Morgan fingerprint density at radius 3 is 2.61 bits per heavy atom. The van der Waals surface area contributed by atoms with E-state index in [0.29, 0.717) is 17.5 Å². The van der Waals surface area contributed by atoms with Crippen molar-refractivity contribution < 1.29 is 14.4 Å². The molecule has 1 aliphatic carbocycles. The van der Waals surface area contributed by atoms with Crippen LogP contribution in [0.15, 0.2) is 65.7 Å². The van der Waals surface area contributed by atoms with Gasteiger partial charge in [-0.1, -0.05) is 48.5 Å². The van der Waals surface area contributed by atoms with Crippen molar-refractivity contribution in [2.75, 3.05) is 6.54 Å². The van der Waals surface area contributed by atoms with Gasteiger partial charge in [-0.05, 0) is 55.2 Å². The van der Waals surface area contributed by atoms with Crippen LogP contribution in [0.25, 0.3) is 17.0 Å². The number of nitrogens with one attached hydrogen (secondary N) is 1. The molecule has 0 bridgehead atoms. The molecule has 0 radical (unpaired) electrons. The van der Waals surface area contributed by atoms with Crippen LogP contribution in [0.3, 0.4) is 0 Å². The highest BCUT2D eigenvalue weighted by Gasteiger charge is 2.34. The third kappa shape index (κ3) is 4.88. The Kier molecular flexibility index (Phi) is 6.05. The second kappa shape index (κ2) is 9.27. The van der Waals surface area contributed by atoms with Gasteiger partial charge < -0.3 is 9.88 Å². The van der Waals surface area contributed by atoms with E-state index in [1.807, 2.05) is 65.4 Å². The third-order valence-electron chi connectivity index (χ3n) is 5.93. The summed E-state index contributed by atoms with van der Waals surface area (Å²) in [5.41, 5.74) is 2.95. The Morgan fingerprint density at radius 2 is 1.82 bits per heavy atom. The summed E-state index contributed by atoms with van der Waals surface area (Å²) in [6.45, 7) is 0.631.